The molecule has 0 radical (unpaired) electrons. The third-order valence-electron chi connectivity index (χ3n) is 4.55. The van der Waals surface area contributed by atoms with Crippen LogP contribution in [0.5, 0.6) is 0 Å². The molecule has 0 amide bonds. The van der Waals surface area contributed by atoms with Crippen molar-refractivity contribution in [1.29, 1.82) is 0 Å². The van der Waals surface area contributed by atoms with Crippen molar-refractivity contribution < 1.29 is 13.2 Å². The Morgan fingerprint density at radius 1 is 1.07 bits per heavy atom. The molecule has 3 aromatic rings. The first-order valence-corrected chi connectivity index (χ1v) is 11.0. The van der Waals surface area contributed by atoms with E-state index < -0.39 is 11.7 Å². The summed E-state index contributed by atoms with van der Waals surface area (Å²) >= 11 is 2.81. The number of fused-ring (bicyclic) bond motifs is 1. The molecule has 4 rings (SSSR count). The predicted octanol–water partition coefficient (Wildman–Crippen LogP) is 5.25. The molecule has 2 aromatic carbocycles. The van der Waals surface area contributed by atoms with Crippen molar-refractivity contribution in [3.05, 3.63) is 87.3 Å². The summed E-state index contributed by atoms with van der Waals surface area (Å²) in [6, 6.07) is 14.9. The van der Waals surface area contributed by atoms with Crippen molar-refractivity contribution in [1.82, 2.24) is 9.55 Å². The van der Waals surface area contributed by atoms with Crippen LogP contribution in [0.3, 0.4) is 0 Å². The Balaban J connectivity index is 1.65. The lowest BCUT2D eigenvalue weighted by molar-refractivity contribution is -0.137. The molecule has 1 aromatic heterocycles. The van der Waals surface area contributed by atoms with Crippen LogP contribution in [0.1, 0.15) is 22.4 Å². The van der Waals surface area contributed by atoms with Crippen molar-refractivity contribution in [3.63, 3.8) is 0 Å². The molecule has 0 fully saturated rings. The molecule has 0 saturated carbocycles. The fraction of sp³-hybridized carbons (Fsp3) is 0.238. The summed E-state index contributed by atoms with van der Waals surface area (Å²) in [6.45, 7) is 0.380. The second kappa shape index (κ2) is 8.28. The highest BCUT2D eigenvalue weighted by molar-refractivity contribution is 7.99. The number of thioether (sulfide) groups is 2. The van der Waals surface area contributed by atoms with Gasteiger partial charge in [-0.1, -0.05) is 60.3 Å². The van der Waals surface area contributed by atoms with Gasteiger partial charge in [0.2, 0.25) is 0 Å². The minimum absolute atomic E-state index is 0.0760. The summed E-state index contributed by atoms with van der Waals surface area (Å²) in [4.78, 5) is 18.4. The molecule has 0 bridgehead atoms. The molecule has 150 valence electrons. The lowest BCUT2D eigenvalue weighted by Crippen LogP contribution is -2.25. The Bertz CT molecular complexity index is 1080. The molecule has 3 nitrogen and oxygen atoms in total. The Morgan fingerprint density at radius 3 is 2.59 bits per heavy atom. The summed E-state index contributed by atoms with van der Waals surface area (Å²) < 4.78 is 40.6. The van der Waals surface area contributed by atoms with Gasteiger partial charge in [0.05, 0.1) is 22.7 Å². The second-order valence-corrected chi connectivity index (χ2v) is 8.68. The van der Waals surface area contributed by atoms with E-state index in [4.69, 9.17) is 0 Å². The molecule has 1 aliphatic rings. The fourth-order valence-electron chi connectivity index (χ4n) is 3.12. The number of hydrogen-bond donors (Lipinski definition) is 0. The summed E-state index contributed by atoms with van der Waals surface area (Å²) in [7, 11) is 0. The first-order valence-electron chi connectivity index (χ1n) is 9.01. The van der Waals surface area contributed by atoms with Crippen LogP contribution < -0.4 is 5.56 Å². The van der Waals surface area contributed by atoms with Crippen LogP contribution in [0, 0.1) is 0 Å². The maximum atomic E-state index is 13.0. The molecule has 0 aliphatic carbocycles. The number of halogens is 3. The van der Waals surface area contributed by atoms with E-state index in [-0.39, 0.29) is 5.56 Å². The quantitative estimate of drug-likeness (QED) is 0.406. The minimum atomic E-state index is -4.38. The fourth-order valence-corrected chi connectivity index (χ4v) is 5.13. The van der Waals surface area contributed by atoms with Crippen molar-refractivity contribution in [3.8, 4) is 0 Å². The van der Waals surface area contributed by atoms with Gasteiger partial charge < -0.3 is 0 Å². The second-order valence-electron chi connectivity index (χ2n) is 6.63. The molecule has 2 heterocycles. The molecule has 29 heavy (non-hydrogen) atoms. The van der Waals surface area contributed by atoms with E-state index in [1.54, 1.807) is 10.6 Å². The van der Waals surface area contributed by atoms with Crippen LogP contribution >= 0.6 is 23.5 Å². The Morgan fingerprint density at radius 2 is 1.83 bits per heavy atom. The summed E-state index contributed by atoms with van der Waals surface area (Å²) in [5, 5.41) is 0.539. The Hall–Kier alpha value is -2.19. The maximum absolute atomic E-state index is 13.0. The SMILES string of the molecule is O=c1c2c(nc(SCc3cccc(C(F)(F)F)c3)n1Cc1ccccc1)CCS2. The van der Waals surface area contributed by atoms with Crippen molar-refractivity contribution >= 4 is 23.5 Å². The maximum Gasteiger partial charge on any atom is 0.416 e. The van der Waals surface area contributed by atoms with Gasteiger partial charge in [-0.05, 0) is 17.2 Å². The van der Waals surface area contributed by atoms with Crippen LogP contribution in [-0.4, -0.2) is 15.3 Å². The van der Waals surface area contributed by atoms with Gasteiger partial charge in [-0.25, -0.2) is 4.98 Å². The Kier molecular flexibility index (Phi) is 5.74. The smallest absolute Gasteiger partial charge is 0.282 e. The van der Waals surface area contributed by atoms with E-state index in [0.29, 0.717) is 27.9 Å². The molecule has 1 aliphatic heterocycles. The average molecular weight is 435 g/mol. The molecule has 0 spiro atoms. The molecule has 8 heteroatoms. The number of aromatic nitrogens is 2. The topological polar surface area (TPSA) is 34.9 Å². The van der Waals surface area contributed by atoms with Gasteiger partial charge in [0.1, 0.15) is 0 Å². The van der Waals surface area contributed by atoms with Gasteiger partial charge in [0.15, 0.2) is 5.16 Å². The molecule has 0 saturated heterocycles. The van der Waals surface area contributed by atoms with Gasteiger partial charge in [0, 0.05) is 17.9 Å². The Labute approximate surface area is 174 Å². The van der Waals surface area contributed by atoms with Gasteiger partial charge in [-0.2, -0.15) is 13.2 Å². The van der Waals surface area contributed by atoms with Crippen molar-refractivity contribution in [2.24, 2.45) is 0 Å². The van der Waals surface area contributed by atoms with Crippen molar-refractivity contribution in [2.75, 3.05) is 5.75 Å². The van der Waals surface area contributed by atoms with Crippen molar-refractivity contribution in [2.45, 2.75) is 34.9 Å². The number of alkyl halides is 3. The van der Waals surface area contributed by atoms with E-state index in [1.807, 2.05) is 30.3 Å². The zero-order chi connectivity index (χ0) is 20.4. The third kappa shape index (κ3) is 4.53. The summed E-state index contributed by atoms with van der Waals surface area (Å²) in [5.41, 5.74) is 1.56. The summed E-state index contributed by atoms with van der Waals surface area (Å²) in [6.07, 6.45) is -3.64. The third-order valence-corrected chi connectivity index (χ3v) is 6.71. The molecule has 0 N–H and O–H groups in total. The van der Waals surface area contributed by atoms with E-state index in [2.05, 4.69) is 4.98 Å². The van der Waals surface area contributed by atoms with Crippen LogP contribution in [-0.2, 0) is 24.9 Å². The molecular weight excluding hydrogens is 417 g/mol. The number of rotatable bonds is 5. The average Bonchev–Trinajstić information content (AvgIpc) is 3.18. The van der Waals surface area contributed by atoms with Gasteiger partial charge in [-0.15, -0.1) is 11.8 Å². The first kappa shape index (κ1) is 20.1. The van der Waals surface area contributed by atoms with Gasteiger partial charge in [-0.3, -0.25) is 9.36 Å². The molecule has 0 atom stereocenters. The molecule has 0 unspecified atom stereocenters. The van der Waals surface area contributed by atoms with Crippen LogP contribution in [0.25, 0.3) is 0 Å². The standard InChI is InChI=1S/C21H17F3N2OS2/c22-21(23,24)16-8-4-7-15(11-16)13-29-20-25-17-9-10-28-18(17)19(27)26(20)12-14-5-2-1-3-6-14/h1-8,11H,9-10,12-13H2. The minimum Gasteiger partial charge on any atom is -0.282 e. The normalized spacial score (nSPS) is 13.5. The van der Waals surface area contributed by atoms with Crippen LogP contribution in [0.15, 0.2) is 69.4 Å². The lowest BCUT2D eigenvalue weighted by Gasteiger charge is -2.14. The van der Waals surface area contributed by atoms with E-state index >= 15 is 0 Å². The van der Waals surface area contributed by atoms with Crippen LogP contribution in [0.2, 0.25) is 0 Å². The number of benzene rings is 2. The molecular formula is C21H17F3N2OS2. The predicted molar refractivity (Wildman–Crippen MR) is 109 cm³/mol. The van der Waals surface area contributed by atoms with E-state index in [0.717, 1.165) is 35.6 Å². The number of hydrogen-bond acceptors (Lipinski definition) is 4. The number of nitrogens with zero attached hydrogens (tertiary/aromatic N) is 2. The zero-order valence-corrected chi connectivity index (χ0v) is 16.9. The summed E-state index contributed by atoms with van der Waals surface area (Å²) in [5.74, 6) is 1.13. The lowest BCUT2D eigenvalue weighted by atomic mass is 10.1. The highest BCUT2D eigenvalue weighted by Gasteiger charge is 2.30. The first-order chi connectivity index (χ1) is 13.9. The monoisotopic (exact) mass is 434 g/mol. The largest absolute Gasteiger partial charge is 0.416 e. The highest BCUT2D eigenvalue weighted by atomic mass is 32.2. The zero-order valence-electron chi connectivity index (χ0n) is 15.3. The van der Waals surface area contributed by atoms with Crippen LogP contribution in [0.4, 0.5) is 13.2 Å². The van der Waals surface area contributed by atoms with E-state index in [9.17, 15) is 18.0 Å². The number of aryl methyl sites for hydroxylation is 1. The van der Waals surface area contributed by atoms with Gasteiger partial charge in [0.25, 0.3) is 5.56 Å². The van der Waals surface area contributed by atoms with Gasteiger partial charge >= 0.3 is 6.18 Å². The van der Waals surface area contributed by atoms with E-state index in [1.165, 1.54) is 29.6 Å². The highest BCUT2D eigenvalue weighted by Crippen LogP contribution is 2.32.